The van der Waals surface area contributed by atoms with E-state index in [2.05, 4.69) is 24.9 Å². The molecule has 6 heteroatoms. The van der Waals surface area contributed by atoms with E-state index in [0.717, 1.165) is 22.4 Å². The molecule has 0 radical (unpaired) electrons. The Balaban J connectivity index is 1.60. The highest BCUT2D eigenvalue weighted by atomic mass is 16.5. The summed E-state index contributed by atoms with van der Waals surface area (Å²) in [5.74, 6) is 1.59. The van der Waals surface area contributed by atoms with Gasteiger partial charge in [0.25, 0.3) is 0 Å². The first-order valence-corrected chi connectivity index (χ1v) is 11.5. The van der Waals surface area contributed by atoms with E-state index >= 15 is 0 Å². The topological polar surface area (TPSA) is 104 Å². The Hall–Kier alpha value is -4.45. The number of Topliss-reactive ketones (excluding diaryl/α,β-unsaturated/α-hetero) is 1. The molecule has 0 aliphatic carbocycles. The zero-order chi connectivity index (χ0) is 24.5. The maximum absolute atomic E-state index is 13.3. The van der Waals surface area contributed by atoms with E-state index in [1.165, 1.54) is 0 Å². The predicted molar refractivity (Wildman–Crippen MR) is 139 cm³/mol. The van der Waals surface area contributed by atoms with Crippen molar-refractivity contribution in [3.8, 4) is 11.5 Å². The number of nitrogen functional groups attached to an aromatic ring is 2. The number of nitrogens with zero attached hydrogens (tertiary/aromatic N) is 2. The number of aliphatic imine (C=N–C) groups is 1. The molecular weight excluding hydrogens is 436 g/mol. The van der Waals surface area contributed by atoms with Crippen molar-refractivity contribution in [1.29, 1.82) is 0 Å². The van der Waals surface area contributed by atoms with Gasteiger partial charge < -0.3 is 16.2 Å². The third-order valence-corrected chi connectivity index (χ3v) is 6.07. The van der Waals surface area contributed by atoms with Crippen LogP contribution in [0.2, 0.25) is 0 Å². The largest absolute Gasteiger partial charge is 0.457 e. The van der Waals surface area contributed by atoms with Crippen LogP contribution in [0.4, 0.5) is 11.4 Å². The van der Waals surface area contributed by atoms with Gasteiger partial charge in [0.05, 0.1) is 11.4 Å². The van der Waals surface area contributed by atoms with Gasteiger partial charge in [0, 0.05) is 28.7 Å². The summed E-state index contributed by atoms with van der Waals surface area (Å²) >= 11 is 0. The number of ketones is 1. The summed E-state index contributed by atoms with van der Waals surface area (Å²) in [5.41, 5.74) is 17.5. The van der Waals surface area contributed by atoms with Crippen molar-refractivity contribution in [2.75, 3.05) is 11.5 Å². The lowest BCUT2D eigenvalue weighted by Crippen LogP contribution is -2.24. The van der Waals surface area contributed by atoms with Crippen molar-refractivity contribution < 1.29 is 9.53 Å². The number of anilines is 2. The van der Waals surface area contributed by atoms with Crippen LogP contribution in [0, 0.1) is 0 Å². The molecule has 3 aromatic carbocycles. The number of fused-ring (bicyclic) bond motifs is 1. The predicted octanol–water partition coefficient (Wildman–Crippen LogP) is 5.94. The van der Waals surface area contributed by atoms with Crippen LogP contribution in [0.1, 0.15) is 58.5 Å². The molecule has 1 aliphatic rings. The van der Waals surface area contributed by atoms with Gasteiger partial charge in [0.1, 0.15) is 17.5 Å². The molecule has 6 nitrogen and oxygen atoms in total. The Morgan fingerprint density at radius 3 is 2.26 bits per heavy atom. The molecule has 0 amide bonds. The van der Waals surface area contributed by atoms with Crippen LogP contribution >= 0.6 is 0 Å². The van der Waals surface area contributed by atoms with Crippen molar-refractivity contribution in [2.24, 2.45) is 4.99 Å². The number of carbonyl (C=O) groups is 1. The highest BCUT2D eigenvalue weighted by molar-refractivity contribution is 6.21. The summed E-state index contributed by atoms with van der Waals surface area (Å²) in [6, 6.07) is 23.5. The van der Waals surface area contributed by atoms with Crippen molar-refractivity contribution >= 4 is 22.9 Å². The van der Waals surface area contributed by atoms with Gasteiger partial charge in [-0.3, -0.25) is 14.8 Å². The molecule has 1 atom stereocenters. The highest BCUT2D eigenvalue weighted by Gasteiger charge is 2.32. The summed E-state index contributed by atoms with van der Waals surface area (Å²) in [6.45, 7) is 4.23. The summed E-state index contributed by atoms with van der Waals surface area (Å²) in [6.07, 6.45) is 1.69. The van der Waals surface area contributed by atoms with Crippen LogP contribution in [-0.4, -0.2) is 16.5 Å². The minimum absolute atomic E-state index is 0.0750. The molecule has 0 fully saturated rings. The van der Waals surface area contributed by atoms with Crippen LogP contribution < -0.4 is 16.2 Å². The number of nitrogens with two attached hydrogens (primary N) is 2. The number of rotatable bonds is 5. The average Bonchev–Trinajstić information content (AvgIpc) is 2.87. The second-order valence-corrected chi connectivity index (χ2v) is 8.89. The quantitative estimate of drug-likeness (QED) is 0.357. The van der Waals surface area contributed by atoms with Crippen molar-refractivity contribution in [3.05, 3.63) is 113 Å². The van der Waals surface area contributed by atoms with Crippen LogP contribution in [0.25, 0.3) is 0 Å². The molecule has 0 spiro atoms. The summed E-state index contributed by atoms with van der Waals surface area (Å²) in [7, 11) is 0. The number of hydrogen-bond acceptors (Lipinski definition) is 6. The van der Waals surface area contributed by atoms with Crippen LogP contribution in [0.15, 0.2) is 90.1 Å². The Kier molecular flexibility index (Phi) is 5.79. The van der Waals surface area contributed by atoms with E-state index < -0.39 is 6.04 Å². The Morgan fingerprint density at radius 1 is 0.886 bits per heavy atom. The van der Waals surface area contributed by atoms with Crippen molar-refractivity contribution in [3.63, 3.8) is 0 Å². The van der Waals surface area contributed by atoms with E-state index in [9.17, 15) is 4.79 Å². The van der Waals surface area contributed by atoms with Crippen LogP contribution in [0.3, 0.4) is 0 Å². The number of carbonyl (C=O) groups excluding carboxylic acids is 1. The van der Waals surface area contributed by atoms with Gasteiger partial charge >= 0.3 is 0 Å². The second-order valence-electron chi connectivity index (χ2n) is 8.89. The van der Waals surface area contributed by atoms with Gasteiger partial charge in [0.2, 0.25) is 0 Å². The van der Waals surface area contributed by atoms with Gasteiger partial charge in [-0.1, -0.05) is 26.0 Å². The summed E-state index contributed by atoms with van der Waals surface area (Å²) in [4.78, 5) is 22.8. The molecule has 4 aromatic rings. The summed E-state index contributed by atoms with van der Waals surface area (Å²) in [5, 5.41) is 0. The first-order valence-electron chi connectivity index (χ1n) is 11.5. The van der Waals surface area contributed by atoms with Crippen molar-refractivity contribution in [1.82, 2.24) is 4.98 Å². The van der Waals surface area contributed by atoms with Crippen LogP contribution in [0.5, 0.6) is 11.5 Å². The molecule has 0 saturated heterocycles. The molecular formula is C29H26N4O2. The lowest BCUT2D eigenvalue weighted by atomic mass is 9.89. The van der Waals surface area contributed by atoms with E-state index in [0.29, 0.717) is 34.1 Å². The maximum atomic E-state index is 13.3. The minimum atomic E-state index is -0.657. The van der Waals surface area contributed by atoms with E-state index in [1.54, 1.807) is 24.4 Å². The molecule has 1 unspecified atom stereocenters. The number of benzene rings is 3. The van der Waals surface area contributed by atoms with E-state index in [1.807, 2.05) is 54.6 Å². The van der Waals surface area contributed by atoms with Gasteiger partial charge in [-0.05, 0) is 83.8 Å². The number of hydrogen-bond donors (Lipinski definition) is 2. The average molecular weight is 463 g/mol. The third kappa shape index (κ3) is 4.38. The zero-order valence-corrected chi connectivity index (χ0v) is 19.6. The zero-order valence-electron chi connectivity index (χ0n) is 19.6. The molecule has 0 bridgehead atoms. The minimum Gasteiger partial charge on any atom is -0.457 e. The molecule has 5 rings (SSSR count). The number of aromatic nitrogens is 1. The Morgan fingerprint density at radius 2 is 1.57 bits per heavy atom. The standard InChI is InChI=1S/C29H26N4O2/c1-17(2)24-16-19(7-14-25(24)35-22-12-10-21(31)11-13-22)26-28-23(4-3-15-32-28)29(34)27(33-26)18-5-8-20(30)9-6-18/h3-17,27H,30-31H2,1-2H3. The molecule has 2 heterocycles. The smallest absolute Gasteiger partial charge is 0.194 e. The monoisotopic (exact) mass is 462 g/mol. The molecule has 174 valence electrons. The Bertz CT molecular complexity index is 1420. The molecule has 1 aliphatic heterocycles. The molecule has 1 aromatic heterocycles. The molecule has 4 N–H and O–H groups in total. The fraction of sp³-hybridized carbons (Fsp3) is 0.138. The SMILES string of the molecule is CC(C)c1cc(C2=NC(c3ccc(N)cc3)C(=O)c3cccnc32)ccc1Oc1ccc(N)cc1. The van der Waals surface area contributed by atoms with Crippen molar-refractivity contribution in [2.45, 2.75) is 25.8 Å². The van der Waals surface area contributed by atoms with Crippen LogP contribution in [-0.2, 0) is 0 Å². The Labute approximate surface area is 204 Å². The number of ether oxygens (including phenoxy) is 1. The molecule has 0 saturated carbocycles. The van der Waals surface area contributed by atoms with E-state index in [4.69, 9.17) is 21.2 Å². The highest BCUT2D eigenvalue weighted by Crippen LogP contribution is 2.35. The fourth-order valence-corrected chi connectivity index (χ4v) is 4.21. The lowest BCUT2D eigenvalue weighted by Gasteiger charge is -2.23. The normalized spacial score (nSPS) is 15.0. The lowest BCUT2D eigenvalue weighted by molar-refractivity contribution is 0.0959. The number of pyridine rings is 1. The van der Waals surface area contributed by atoms with Gasteiger partial charge in [0.15, 0.2) is 5.78 Å². The first-order chi connectivity index (χ1) is 16.9. The van der Waals surface area contributed by atoms with Gasteiger partial charge in [-0.2, -0.15) is 0 Å². The summed E-state index contributed by atoms with van der Waals surface area (Å²) < 4.78 is 6.18. The second kappa shape index (κ2) is 9.06. The third-order valence-electron chi connectivity index (χ3n) is 6.07. The molecule has 35 heavy (non-hydrogen) atoms. The van der Waals surface area contributed by atoms with E-state index in [-0.39, 0.29) is 11.7 Å². The fourth-order valence-electron chi connectivity index (χ4n) is 4.21. The van der Waals surface area contributed by atoms with Gasteiger partial charge in [-0.15, -0.1) is 0 Å². The first kappa shape index (κ1) is 22.3. The maximum Gasteiger partial charge on any atom is 0.194 e. The van der Waals surface area contributed by atoms with Gasteiger partial charge in [-0.25, -0.2) is 0 Å².